The molecule has 4 rings (SSSR count). The number of amides is 1. The Balaban J connectivity index is 1.48. The van der Waals surface area contributed by atoms with Crippen LogP contribution >= 0.6 is 0 Å². The molecule has 0 atom stereocenters. The Morgan fingerprint density at radius 2 is 1.82 bits per heavy atom. The average Bonchev–Trinajstić information content (AvgIpc) is 2.80. The van der Waals surface area contributed by atoms with Gasteiger partial charge in [0.25, 0.3) is 5.91 Å². The predicted molar refractivity (Wildman–Crippen MR) is 120 cm³/mol. The molecule has 2 aromatic heterocycles. The molecule has 0 radical (unpaired) electrons. The van der Waals surface area contributed by atoms with Crippen molar-refractivity contribution in [3.8, 4) is 5.69 Å². The van der Waals surface area contributed by atoms with E-state index in [1.54, 1.807) is 6.20 Å². The zero-order valence-electron chi connectivity index (χ0n) is 18.5. The smallest absolute Gasteiger partial charge is 0.348 e. The van der Waals surface area contributed by atoms with Crippen LogP contribution in [-0.2, 0) is 12.7 Å². The SMILES string of the molecule is Cc1cc(=O)c(C(=O)NC2CCN(Cc3ccccn3)CC2)nn1-c1ccccc1C(F)(F)F. The largest absolute Gasteiger partial charge is 0.418 e. The quantitative estimate of drug-likeness (QED) is 0.618. The van der Waals surface area contributed by atoms with Crippen LogP contribution in [0.5, 0.6) is 0 Å². The molecule has 7 nitrogen and oxygen atoms in total. The van der Waals surface area contributed by atoms with Gasteiger partial charge in [-0.25, -0.2) is 4.68 Å². The maximum absolute atomic E-state index is 13.5. The van der Waals surface area contributed by atoms with Gasteiger partial charge in [0.2, 0.25) is 5.43 Å². The Bertz CT molecular complexity index is 1220. The van der Waals surface area contributed by atoms with Crippen molar-refractivity contribution in [3.05, 3.63) is 87.6 Å². The Kier molecular flexibility index (Phi) is 6.78. The Hall–Kier alpha value is -3.53. The van der Waals surface area contributed by atoms with Gasteiger partial charge in [0.15, 0.2) is 5.69 Å². The zero-order valence-corrected chi connectivity index (χ0v) is 18.5. The van der Waals surface area contributed by atoms with E-state index in [-0.39, 0.29) is 17.4 Å². The number of alkyl halides is 3. The summed E-state index contributed by atoms with van der Waals surface area (Å²) in [5, 5.41) is 6.85. The second kappa shape index (κ2) is 9.76. The van der Waals surface area contributed by atoms with Gasteiger partial charge in [-0.1, -0.05) is 18.2 Å². The lowest BCUT2D eigenvalue weighted by atomic mass is 10.0. The standard InChI is InChI=1S/C24H24F3N5O2/c1-16-14-21(33)22(30-32(16)20-8-3-2-7-19(20)24(25,26)27)23(34)29-17-9-12-31(13-10-17)15-18-6-4-5-11-28-18/h2-8,11,14,17H,9-10,12-13,15H2,1H3,(H,29,34). The minimum Gasteiger partial charge on any atom is -0.348 e. The van der Waals surface area contributed by atoms with E-state index < -0.39 is 28.8 Å². The molecule has 34 heavy (non-hydrogen) atoms. The third kappa shape index (κ3) is 5.33. The third-order valence-electron chi connectivity index (χ3n) is 5.79. The molecule has 1 N–H and O–H groups in total. The van der Waals surface area contributed by atoms with Crippen LogP contribution in [0.1, 0.15) is 40.3 Å². The molecule has 1 aliphatic rings. The van der Waals surface area contributed by atoms with Crippen LogP contribution in [0.3, 0.4) is 0 Å². The van der Waals surface area contributed by atoms with Gasteiger partial charge in [0.05, 0.1) is 16.9 Å². The van der Waals surface area contributed by atoms with Crippen molar-refractivity contribution in [1.82, 2.24) is 25.0 Å². The number of nitrogens with one attached hydrogen (secondary N) is 1. The number of hydrogen-bond acceptors (Lipinski definition) is 5. The van der Waals surface area contributed by atoms with Gasteiger partial charge >= 0.3 is 6.18 Å². The molecule has 10 heteroatoms. The van der Waals surface area contributed by atoms with Crippen molar-refractivity contribution in [1.29, 1.82) is 0 Å². The lowest BCUT2D eigenvalue weighted by Crippen LogP contribution is -2.45. The number of hydrogen-bond donors (Lipinski definition) is 1. The molecule has 1 amide bonds. The fourth-order valence-electron chi connectivity index (χ4n) is 4.06. The van der Waals surface area contributed by atoms with Crippen LogP contribution in [0, 0.1) is 6.92 Å². The Morgan fingerprint density at radius 1 is 1.12 bits per heavy atom. The van der Waals surface area contributed by atoms with Crippen LogP contribution in [0.25, 0.3) is 5.69 Å². The third-order valence-corrected chi connectivity index (χ3v) is 5.79. The number of carbonyl (C=O) groups is 1. The molecule has 0 aliphatic carbocycles. The number of likely N-dealkylation sites (tertiary alicyclic amines) is 1. The normalized spacial score (nSPS) is 15.3. The van der Waals surface area contributed by atoms with Crippen molar-refractivity contribution >= 4 is 5.91 Å². The first-order valence-electron chi connectivity index (χ1n) is 10.9. The van der Waals surface area contributed by atoms with Crippen molar-refractivity contribution in [2.24, 2.45) is 0 Å². The van der Waals surface area contributed by atoms with Crippen LogP contribution in [0.15, 0.2) is 59.5 Å². The van der Waals surface area contributed by atoms with E-state index in [0.717, 1.165) is 35.6 Å². The topological polar surface area (TPSA) is 80.1 Å². The van der Waals surface area contributed by atoms with Crippen molar-refractivity contribution in [2.45, 2.75) is 38.5 Å². The summed E-state index contributed by atoms with van der Waals surface area (Å²) in [7, 11) is 0. The highest BCUT2D eigenvalue weighted by Crippen LogP contribution is 2.33. The van der Waals surface area contributed by atoms with Crippen molar-refractivity contribution in [2.75, 3.05) is 13.1 Å². The van der Waals surface area contributed by atoms with E-state index in [2.05, 4.69) is 20.3 Å². The molecule has 178 valence electrons. The number of pyridine rings is 1. The summed E-state index contributed by atoms with van der Waals surface area (Å²) >= 11 is 0. The lowest BCUT2D eigenvalue weighted by molar-refractivity contribution is -0.137. The molecule has 3 heterocycles. The van der Waals surface area contributed by atoms with Gasteiger partial charge in [-0.15, -0.1) is 0 Å². The zero-order chi connectivity index (χ0) is 24.3. The number of rotatable bonds is 5. The van der Waals surface area contributed by atoms with E-state index in [1.165, 1.54) is 25.1 Å². The first-order chi connectivity index (χ1) is 16.2. The number of carbonyl (C=O) groups excluding carboxylic acids is 1. The van der Waals surface area contributed by atoms with Crippen LogP contribution in [-0.4, -0.2) is 44.7 Å². The van der Waals surface area contributed by atoms with Gasteiger partial charge in [-0.2, -0.15) is 18.3 Å². The minimum atomic E-state index is -4.61. The lowest BCUT2D eigenvalue weighted by Gasteiger charge is -2.32. The number of piperidine rings is 1. The van der Waals surface area contributed by atoms with E-state index in [0.29, 0.717) is 19.4 Å². The molecule has 1 aromatic carbocycles. The molecule has 0 spiro atoms. The fraction of sp³-hybridized carbons (Fsp3) is 0.333. The number of halogens is 3. The highest BCUT2D eigenvalue weighted by molar-refractivity contribution is 5.92. The van der Waals surface area contributed by atoms with E-state index in [4.69, 9.17) is 0 Å². The van der Waals surface area contributed by atoms with Gasteiger partial charge in [-0.05, 0) is 44.0 Å². The molecule has 1 saturated heterocycles. The number of benzene rings is 1. The second-order valence-corrected chi connectivity index (χ2v) is 8.27. The van der Waals surface area contributed by atoms with Gasteiger partial charge in [0.1, 0.15) is 0 Å². The highest BCUT2D eigenvalue weighted by atomic mass is 19.4. The molecular formula is C24H24F3N5O2. The van der Waals surface area contributed by atoms with E-state index >= 15 is 0 Å². The Morgan fingerprint density at radius 3 is 2.50 bits per heavy atom. The van der Waals surface area contributed by atoms with Crippen LogP contribution in [0.2, 0.25) is 0 Å². The maximum atomic E-state index is 13.5. The van der Waals surface area contributed by atoms with Gasteiger partial charge in [0, 0.05) is 43.6 Å². The summed E-state index contributed by atoms with van der Waals surface area (Å²) < 4.78 is 41.5. The molecule has 0 saturated carbocycles. The van der Waals surface area contributed by atoms with Crippen molar-refractivity contribution in [3.63, 3.8) is 0 Å². The van der Waals surface area contributed by atoms with Crippen molar-refractivity contribution < 1.29 is 18.0 Å². The predicted octanol–water partition coefficient (Wildman–Crippen LogP) is 3.35. The van der Waals surface area contributed by atoms with Crippen LogP contribution < -0.4 is 10.7 Å². The summed E-state index contributed by atoms with van der Waals surface area (Å²) in [5.41, 5.74) is -1.05. The summed E-state index contributed by atoms with van der Waals surface area (Å²) in [6, 6.07) is 11.6. The number of aryl methyl sites for hydroxylation is 1. The number of nitrogens with zero attached hydrogens (tertiary/aromatic N) is 4. The molecular weight excluding hydrogens is 447 g/mol. The molecule has 1 aliphatic heterocycles. The number of aromatic nitrogens is 3. The summed E-state index contributed by atoms with van der Waals surface area (Å²) in [6.45, 7) is 3.67. The monoisotopic (exact) mass is 471 g/mol. The molecule has 0 bridgehead atoms. The average molecular weight is 471 g/mol. The summed E-state index contributed by atoms with van der Waals surface area (Å²) in [5.74, 6) is -0.689. The number of para-hydroxylation sites is 1. The van der Waals surface area contributed by atoms with Crippen LogP contribution in [0.4, 0.5) is 13.2 Å². The molecule has 3 aromatic rings. The fourth-order valence-corrected chi connectivity index (χ4v) is 4.06. The maximum Gasteiger partial charge on any atom is 0.418 e. The Labute approximate surface area is 194 Å². The minimum absolute atomic E-state index is 0.161. The van der Waals surface area contributed by atoms with Gasteiger partial charge in [-0.3, -0.25) is 19.5 Å². The second-order valence-electron chi connectivity index (χ2n) is 8.27. The molecule has 1 fully saturated rings. The highest BCUT2D eigenvalue weighted by Gasteiger charge is 2.34. The van der Waals surface area contributed by atoms with E-state index in [1.807, 2.05) is 18.2 Å². The first kappa shape index (κ1) is 23.6. The first-order valence-corrected chi connectivity index (χ1v) is 10.9. The summed E-state index contributed by atoms with van der Waals surface area (Å²) in [4.78, 5) is 31.9. The van der Waals surface area contributed by atoms with Gasteiger partial charge < -0.3 is 5.32 Å². The molecule has 0 unspecified atom stereocenters. The summed E-state index contributed by atoms with van der Waals surface area (Å²) in [6.07, 6.45) is -1.51. The van der Waals surface area contributed by atoms with E-state index in [9.17, 15) is 22.8 Å².